The van der Waals surface area contributed by atoms with E-state index in [0.29, 0.717) is 46.2 Å². The van der Waals surface area contributed by atoms with Crippen LogP contribution in [-0.4, -0.2) is 45.8 Å². The molecule has 2 atom stereocenters. The zero-order valence-corrected chi connectivity index (χ0v) is 42.6. The third-order valence-corrected chi connectivity index (χ3v) is 15.3. The Morgan fingerprint density at radius 1 is 0.609 bits per heavy atom. The number of aromatic nitrogens is 4. The lowest BCUT2D eigenvalue weighted by molar-refractivity contribution is 0.256. The Hall–Kier alpha value is -6.85. The van der Waals surface area contributed by atoms with E-state index in [0.717, 1.165) is 105 Å². The highest BCUT2D eigenvalue weighted by Crippen LogP contribution is 2.39. The van der Waals surface area contributed by atoms with Gasteiger partial charge in [-0.1, -0.05) is 109 Å². The number of benzene rings is 5. The van der Waals surface area contributed by atoms with Gasteiger partial charge in [-0.3, -0.25) is 0 Å². The first kappa shape index (κ1) is 47.2. The van der Waals surface area contributed by atoms with Gasteiger partial charge in [-0.25, -0.2) is 9.97 Å². The Balaban J connectivity index is 1.52. The van der Waals surface area contributed by atoms with Gasteiger partial charge in [0.15, 0.2) is 0 Å². The second kappa shape index (κ2) is 20.0. The number of thiazole rings is 2. The number of nitriles is 2. The summed E-state index contributed by atoms with van der Waals surface area (Å²) in [4.78, 5) is 10.4. The van der Waals surface area contributed by atoms with Gasteiger partial charge in [0, 0.05) is 22.2 Å². The molecule has 4 aromatic heterocycles. The predicted molar refractivity (Wildman–Crippen MR) is 291 cm³/mol. The summed E-state index contributed by atoms with van der Waals surface area (Å²) in [5.74, 6) is 2.39. The molecule has 0 amide bonds. The summed E-state index contributed by atoms with van der Waals surface area (Å²) in [5, 5.41) is 28.0. The number of hydrogen-bond acceptors (Lipinski definition) is 8. The molecule has 0 radical (unpaired) electrons. The number of rotatable bonds is 15. The zero-order valence-electron chi connectivity index (χ0n) is 40.9. The third kappa shape index (κ3) is 9.12. The van der Waals surface area contributed by atoms with Crippen LogP contribution in [0, 0.1) is 48.3 Å². The van der Waals surface area contributed by atoms with Gasteiger partial charge in [-0.2, -0.15) is 10.5 Å². The molecule has 0 aliphatic carbocycles. The zero-order chi connectivity index (χ0) is 48.5. The van der Waals surface area contributed by atoms with E-state index in [4.69, 9.17) is 19.4 Å². The van der Waals surface area contributed by atoms with Crippen molar-refractivity contribution >= 4 is 84.2 Å². The van der Waals surface area contributed by atoms with Crippen molar-refractivity contribution in [2.24, 2.45) is 11.8 Å². The van der Waals surface area contributed by atoms with Gasteiger partial charge in [-0.05, 0) is 121 Å². The SMILES string of the molecule is CCC(C)COc1ccc(-c2c3/c(=C(\C#N)c4nc5ccc(C)cc5s4)n(B(C)c4ccccc4)c(-c4ccc(OCC(C)CC)cc4)c3/c(=C(\C#N)c3nc4ccc(C)cc4s3)n2B(C)C)cc1. The van der Waals surface area contributed by atoms with E-state index in [2.05, 4.69) is 156 Å². The van der Waals surface area contributed by atoms with Gasteiger partial charge >= 0.3 is 0 Å². The Kier molecular flexibility index (Phi) is 13.7. The number of ether oxygens (including phenoxy) is 2. The monoisotopic (exact) mass is 942 g/mol. The van der Waals surface area contributed by atoms with Crippen molar-refractivity contribution < 1.29 is 9.47 Å². The minimum atomic E-state index is -0.287. The molecule has 0 aliphatic heterocycles. The molecular weight excluding hydrogens is 886 g/mol. The van der Waals surface area contributed by atoms with Crippen molar-refractivity contribution in [3.05, 3.63) is 147 Å². The molecule has 0 fully saturated rings. The third-order valence-electron chi connectivity index (χ3n) is 13.3. The molecule has 69 heavy (non-hydrogen) atoms. The summed E-state index contributed by atoms with van der Waals surface area (Å²) in [7, 11) is 0. The van der Waals surface area contributed by atoms with E-state index in [1.54, 1.807) is 0 Å². The summed E-state index contributed by atoms with van der Waals surface area (Å²) in [6.07, 6.45) is 2.05. The van der Waals surface area contributed by atoms with Crippen LogP contribution in [0.4, 0.5) is 0 Å². The first-order valence-electron chi connectivity index (χ1n) is 24.1. The van der Waals surface area contributed by atoms with Crippen molar-refractivity contribution in [2.75, 3.05) is 13.2 Å². The molecule has 2 unspecified atom stereocenters. The summed E-state index contributed by atoms with van der Waals surface area (Å²) in [6.45, 7) is 20.2. The van der Waals surface area contributed by atoms with Crippen LogP contribution >= 0.6 is 22.7 Å². The van der Waals surface area contributed by atoms with Gasteiger partial charge in [-0.15, -0.1) is 22.7 Å². The summed E-state index contributed by atoms with van der Waals surface area (Å²) < 4.78 is 19.3. The van der Waals surface area contributed by atoms with Crippen molar-refractivity contribution in [3.8, 4) is 46.2 Å². The molecule has 8 nitrogen and oxygen atoms in total. The first-order chi connectivity index (χ1) is 33.4. The molecule has 0 saturated carbocycles. The van der Waals surface area contributed by atoms with Crippen LogP contribution in [0.2, 0.25) is 20.5 Å². The molecule has 9 aromatic rings. The largest absolute Gasteiger partial charge is 0.493 e. The summed E-state index contributed by atoms with van der Waals surface area (Å²) in [6, 6.07) is 45.0. The molecular formula is C57H56B2N6O2S2. The van der Waals surface area contributed by atoms with E-state index in [1.165, 1.54) is 22.7 Å². The molecule has 9 rings (SSSR count). The van der Waals surface area contributed by atoms with Crippen LogP contribution in [0.25, 0.3) is 64.9 Å². The fourth-order valence-corrected chi connectivity index (χ4v) is 11.2. The Bertz CT molecular complexity index is 3560. The number of nitrogens with zero attached hydrogens (tertiary/aromatic N) is 6. The molecule has 5 aromatic carbocycles. The van der Waals surface area contributed by atoms with Crippen LogP contribution in [0.5, 0.6) is 11.5 Å². The normalized spacial score (nSPS) is 13.3. The Morgan fingerprint density at radius 2 is 1.04 bits per heavy atom. The lowest BCUT2D eigenvalue weighted by Crippen LogP contribution is -2.42. The van der Waals surface area contributed by atoms with Crippen molar-refractivity contribution in [2.45, 2.75) is 74.9 Å². The quantitative estimate of drug-likeness (QED) is 0.0949. The summed E-state index contributed by atoms with van der Waals surface area (Å²) in [5.41, 5.74) is 9.54. The molecule has 0 spiro atoms. The van der Waals surface area contributed by atoms with Crippen LogP contribution in [-0.2, 0) is 0 Å². The Morgan fingerprint density at radius 3 is 1.46 bits per heavy atom. The highest BCUT2D eigenvalue weighted by atomic mass is 32.1. The minimum Gasteiger partial charge on any atom is -0.493 e. The maximum Gasteiger partial charge on any atom is 0.290 e. The average molecular weight is 943 g/mol. The number of aryl methyl sites for hydroxylation is 2. The topological polar surface area (TPSA) is 102 Å². The molecule has 12 heteroatoms. The number of hydrogen-bond donors (Lipinski definition) is 0. The van der Waals surface area contributed by atoms with E-state index < -0.39 is 0 Å². The van der Waals surface area contributed by atoms with Crippen LogP contribution in [0.3, 0.4) is 0 Å². The highest BCUT2D eigenvalue weighted by molar-refractivity contribution is 7.20. The van der Waals surface area contributed by atoms with Crippen molar-refractivity contribution in [1.29, 1.82) is 10.5 Å². The fraction of sp³-hybridized carbons (Fsp3) is 0.263. The molecule has 0 aliphatic rings. The van der Waals surface area contributed by atoms with Gasteiger partial charge in [0.05, 0.1) is 44.3 Å². The van der Waals surface area contributed by atoms with Gasteiger partial charge in [0.25, 0.3) is 13.7 Å². The lowest BCUT2D eigenvalue weighted by Gasteiger charge is -2.20. The van der Waals surface area contributed by atoms with Crippen molar-refractivity contribution in [3.63, 3.8) is 0 Å². The minimum absolute atomic E-state index is 0.142. The predicted octanol–water partition coefficient (Wildman–Crippen LogP) is 12.4. The maximum absolute atomic E-state index is 11.8. The Labute approximate surface area is 414 Å². The second-order valence-corrected chi connectivity index (χ2v) is 20.8. The van der Waals surface area contributed by atoms with Crippen LogP contribution in [0.1, 0.15) is 61.7 Å². The standard InChI is InChI=1S/C57H56B2N6O2S2/c1-10-35(3)33-66-42-23-19-39(20-24-42)52-50-51(54(64(52)58(7)8)44(31-60)56-62-46-27-17-37(5)29-48(46)68-56)53(40-21-25-43(26-22-40)67-34-36(4)11-2)65(59(9)41-15-13-12-14-16-41)55(50)45(32-61)57-63-47-28-18-38(6)30-49(47)69-57/h12-30,35-36H,10-11,33-34H2,1-9H3/b54-44-,55-45-. The van der Waals surface area contributed by atoms with Crippen LogP contribution < -0.4 is 25.6 Å². The number of fused-ring (bicyclic) bond motifs is 3. The van der Waals surface area contributed by atoms with Gasteiger partial charge < -0.3 is 18.4 Å². The van der Waals surface area contributed by atoms with E-state index in [9.17, 15) is 10.5 Å². The molecule has 344 valence electrons. The fourth-order valence-electron chi connectivity index (χ4n) is 9.06. The lowest BCUT2D eigenvalue weighted by atomic mass is 9.57. The highest BCUT2D eigenvalue weighted by Gasteiger charge is 2.33. The van der Waals surface area contributed by atoms with Gasteiger partial charge in [0.1, 0.15) is 44.8 Å². The van der Waals surface area contributed by atoms with Gasteiger partial charge in [0.2, 0.25) is 0 Å². The molecule has 0 saturated heterocycles. The van der Waals surface area contributed by atoms with Crippen LogP contribution in [0.15, 0.2) is 115 Å². The smallest absolute Gasteiger partial charge is 0.290 e. The molecule has 4 heterocycles. The van der Waals surface area contributed by atoms with E-state index in [-0.39, 0.29) is 13.7 Å². The van der Waals surface area contributed by atoms with Crippen molar-refractivity contribution in [1.82, 2.24) is 18.9 Å². The first-order valence-corrected chi connectivity index (χ1v) is 25.7. The average Bonchev–Trinajstić information content (AvgIpc) is 4.14. The maximum atomic E-state index is 11.8. The molecule has 0 N–H and O–H groups in total. The van der Waals surface area contributed by atoms with E-state index >= 15 is 0 Å². The second-order valence-electron chi connectivity index (χ2n) is 18.7. The summed E-state index contributed by atoms with van der Waals surface area (Å²) >= 11 is 3.07. The van der Waals surface area contributed by atoms with E-state index in [1.807, 2.05) is 42.5 Å². The molecule has 0 bridgehead atoms.